The van der Waals surface area contributed by atoms with Crippen LogP contribution in [0.15, 0.2) is 47.6 Å². The molecule has 7 nitrogen and oxygen atoms in total. The lowest BCUT2D eigenvalue weighted by atomic mass is 9.94. The van der Waals surface area contributed by atoms with E-state index >= 15 is 0 Å². The smallest absolute Gasteiger partial charge is 0.414 e. The van der Waals surface area contributed by atoms with Gasteiger partial charge in [0.15, 0.2) is 11.5 Å². The average Bonchev–Trinajstić information content (AvgIpc) is 2.71. The number of hydrogen-bond acceptors (Lipinski definition) is 6. The molecular formula is C21H24N2O5. The summed E-state index contributed by atoms with van der Waals surface area (Å²) in [6.45, 7) is 4.26. The van der Waals surface area contributed by atoms with Crippen LogP contribution in [0.4, 0.5) is 10.5 Å². The van der Waals surface area contributed by atoms with Crippen LogP contribution in [-0.2, 0) is 11.3 Å². The Morgan fingerprint density at radius 1 is 1.25 bits per heavy atom. The second-order valence-corrected chi connectivity index (χ2v) is 6.46. The Bertz CT molecular complexity index is 867. The summed E-state index contributed by atoms with van der Waals surface area (Å²) in [5.41, 5.74) is 2.67. The molecule has 0 aliphatic carbocycles. The molecule has 0 saturated heterocycles. The molecule has 1 aliphatic rings. The van der Waals surface area contributed by atoms with Crippen molar-refractivity contribution in [1.29, 1.82) is 0 Å². The minimum Gasteiger partial charge on any atom is -0.493 e. The molecule has 1 aliphatic heterocycles. The third kappa shape index (κ3) is 3.88. The molecule has 1 N–H and O–H groups in total. The monoisotopic (exact) mass is 384 g/mol. The summed E-state index contributed by atoms with van der Waals surface area (Å²) in [5, 5.41) is 12.9. The molecule has 1 heterocycles. The molecule has 7 heteroatoms. The van der Waals surface area contributed by atoms with E-state index in [9.17, 15) is 10.0 Å². The zero-order valence-corrected chi connectivity index (χ0v) is 16.2. The summed E-state index contributed by atoms with van der Waals surface area (Å²) in [6, 6.07) is 13.0. The highest BCUT2D eigenvalue weighted by Crippen LogP contribution is 2.40. The fraction of sp³-hybridized carbons (Fsp3) is 0.333. The van der Waals surface area contributed by atoms with Gasteiger partial charge in [-0.1, -0.05) is 35.5 Å². The summed E-state index contributed by atoms with van der Waals surface area (Å²) in [6.07, 6.45) is -0.0551. The van der Waals surface area contributed by atoms with E-state index < -0.39 is 6.09 Å². The molecule has 2 aromatic carbocycles. The van der Waals surface area contributed by atoms with Crippen LogP contribution in [0.25, 0.3) is 0 Å². The van der Waals surface area contributed by atoms with E-state index in [1.165, 1.54) is 0 Å². The predicted octanol–water partition coefficient (Wildman–Crippen LogP) is 4.21. The number of rotatable bonds is 5. The number of carbonyl (C=O) groups excluding carboxylic acids is 1. The van der Waals surface area contributed by atoms with Crippen LogP contribution in [-0.4, -0.2) is 36.8 Å². The quantitative estimate of drug-likeness (QED) is 0.617. The van der Waals surface area contributed by atoms with Crippen molar-refractivity contribution in [3.8, 4) is 11.5 Å². The van der Waals surface area contributed by atoms with Gasteiger partial charge in [0.05, 0.1) is 25.1 Å². The highest BCUT2D eigenvalue weighted by Gasteiger charge is 2.34. The molecule has 0 aromatic heterocycles. The van der Waals surface area contributed by atoms with Crippen molar-refractivity contribution in [1.82, 2.24) is 0 Å². The molecule has 0 fully saturated rings. The standard InChI is InChI=1S/C21H24N2O5/c1-4-27-21(24)23-14(2)10-17(22-25)16-11-20(19(26-3)12-18(16)23)28-13-15-8-6-5-7-9-15/h5-9,11-12,14,25H,4,10,13H2,1-3H3/b22-17-. The van der Waals surface area contributed by atoms with Gasteiger partial charge in [-0.15, -0.1) is 0 Å². The minimum absolute atomic E-state index is 0.224. The molecule has 2 aromatic rings. The molecule has 0 spiro atoms. The molecule has 1 amide bonds. The highest BCUT2D eigenvalue weighted by molar-refractivity contribution is 6.11. The lowest BCUT2D eigenvalue weighted by Crippen LogP contribution is -2.44. The summed E-state index contributed by atoms with van der Waals surface area (Å²) >= 11 is 0. The van der Waals surface area contributed by atoms with Gasteiger partial charge in [-0.3, -0.25) is 4.90 Å². The molecule has 1 unspecified atom stereocenters. The number of ether oxygens (including phenoxy) is 3. The van der Waals surface area contributed by atoms with E-state index in [4.69, 9.17) is 14.2 Å². The van der Waals surface area contributed by atoms with Gasteiger partial charge < -0.3 is 19.4 Å². The maximum absolute atomic E-state index is 12.5. The van der Waals surface area contributed by atoms with Gasteiger partial charge in [0, 0.05) is 24.1 Å². The molecule has 0 saturated carbocycles. The Labute approximate surface area is 164 Å². The Hall–Kier alpha value is -3.22. The molecule has 28 heavy (non-hydrogen) atoms. The van der Waals surface area contributed by atoms with Crippen LogP contribution in [0, 0.1) is 0 Å². The van der Waals surface area contributed by atoms with Gasteiger partial charge >= 0.3 is 6.09 Å². The molecule has 148 valence electrons. The van der Waals surface area contributed by atoms with E-state index in [1.54, 1.807) is 31.1 Å². The Morgan fingerprint density at radius 2 is 2.00 bits per heavy atom. The predicted molar refractivity (Wildman–Crippen MR) is 106 cm³/mol. The van der Waals surface area contributed by atoms with Crippen molar-refractivity contribution in [3.63, 3.8) is 0 Å². The van der Waals surface area contributed by atoms with E-state index in [0.29, 0.717) is 41.5 Å². The van der Waals surface area contributed by atoms with E-state index in [2.05, 4.69) is 5.16 Å². The van der Waals surface area contributed by atoms with Crippen LogP contribution in [0.1, 0.15) is 31.4 Å². The number of methoxy groups -OCH3 is 1. The lowest BCUT2D eigenvalue weighted by molar-refractivity contribution is 0.157. The molecule has 1 atom stereocenters. The number of amides is 1. The topological polar surface area (TPSA) is 80.6 Å². The maximum atomic E-state index is 12.5. The third-order valence-corrected chi connectivity index (χ3v) is 4.60. The number of anilines is 1. The van der Waals surface area contributed by atoms with E-state index in [0.717, 1.165) is 5.56 Å². The second kappa shape index (κ2) is 8.65. The van der Waals surface area contributed by atoms with Crippen LogP contribution < -0.4 is 14.4 Å². The van der Waals surface area contributed by atoms with E-state index in [-0.39, 0.29) is 12.6 Å². The average molecular weight is 384 g/mol. The van der Waals surface area contributed by atoms with Crippen LogP contribution >= 0.6 is 0 Å². The van der Waals surface area contributed by atoms with Gasteiger partial charge in [-0.2, -0.15) is 0 Å². The summed E-state index contributed by atoms with van der Waals surface area (Å²) in [4.78, 5) is 14.0. The SMILES string of the molecule is CCOC(=O)N1c2cc(OC)c(OCc3ccccc3)cc2/C(=N\O)CC1C. The highest BCUT2D eigenvalue weighted by atomic mass is 16.6. The number of carbonyl (C=O) groups is 1. The minimum atomic E-state index is -0.451. The van der Waals surface area contributed by atoms with Crippen molar-refractivity contribution in [3.05, 3.63) is 53.6 Å². The first-order valence-electron chi connectivity index (χ1n) is 9.15. The summed E-state index contributed by atoms with van der Waals surface area (Å²) in [7, 11) is 1.54. The van der Waals surface area contributed by atoms with Gasteiger partial charge in [-0.25, -0.2) is 4.79 Å². The van der Waals surface area contributed by atoms with Gasteiger partial charge in [0.1, 0.15) is 6.61 Å². The molecule has 0 radical (unpaired) electrons. The maximum Gasteiger partial charge on any atom is 0.414 e. The normalized spacial score (nSPS) is 17.2. The first kappa shape index (κ1) is 19.5. The summed E-state index contributed by atoms with van der Waals surface area (Å²) < 4.78 is 16.6. The third-order valence-electron chi connectivity index (χ3n) is 4.60. The fourth-order valence-corrected chi connectivity index (χ4v) is 3.27. The number of fused-ring (bicyclic) bond motifs is 1. The van der Waals surface area contributed by atoms with E-state index in [1.807, 2.05) is 37.3 Å². The van der Waals surface area contributed by atoms with Crippen molar-refractivity contribution in [2.75, 3.05) is 18.6 Å². The van der Waals surface area contributed by atoms with Gasteiger partial charge in [0.2, 0.25) is 0 Å². The number of hydrogen-bond donors (Lipinski definition) is 1. The first-order valence-corrected chi connectivity index (χ1v) is 9.15. The molecular weight excluding hydrogens is 360 g/mol. The zero-order chi connectivity index (χ0) is 20.1. The van der Waals surface area contributed by atoms with Crippen molar-refractivity contribution < 1.29 is 24.2 Å². The van der Waals surface area contributed by atoms with Gasteiger partial charge in [-0.05, 0) is 25.5 Å². The van der Waals surface area contributed by atoms with Crippen LogP contribution in [0.2, 0.25) is 0 Å². The van der Waals surface area contributed by atoms with Crippen LogP contribution in [0.5, 0.6) is 11.5 Å². The number of oxime groups is 1. The second-order valence-electron chi connectivity index (χ2n) is 6.46. The Morgan fingerprint density at radius 3 is 2.64 bits per heavy atom. The first-order chi connectivity index (χ1) is 13.6. The van der Waals surface area contributed by atoms with Crippen LogP contribution in [0.3, 0.4) is 0 Å². The molecule has 3 rings (SSSR count). The van der Waals surface area contributed by atoms with Crippen molar-refractivity contribution in [2.45, 2.75) is 32.9 Å². The number of nitrogens with zero attached hydrogens (tertiary/aromatic N) is 2. The van der Waals surface area contributed by atoms with Crippen molar-refractivity contribution >= 4 is 17.5 Å². The van der Waals surface area contributed by atoms with Gasteiger partial charge in [0.25, 0.3) is 0 Å². The Balaban J connectivity index is 2.00. The Kier molecular flexibility index (Phi) is 6.03. The van der Waals surface area contributed by atoms with Crippen molar-refractivity contribution in [2.24, 2.45) is 5.16 Å². The zero-order valence-electron chi connectivity index (χ0n) is 16.2. The largest absolute Gasteiger partial charge is 0.493 e. The molecule has 0 bridgehead atoms. The lowest BCUT2D eigenvalue weighted by Gasteiger charge is -2.35. The number of benzene rings is 2. The summed E-state index contributed by atoms with van der Waals surface area (Å²) in [5.74, 6) is 0.986. The fourth-order valence-electron chi connectivity index (χ4n) is 3.27.